The van der Waals surface area contributed by atoms with Gasteiger partial charge in [0.05, 0.1) is 9.88 Å². The Kier molecular flexibility index (Phi) is 5.18. The van der Waals surface area contributed by atoms with Gasteiger partial charge in [0.15, 0.2) is 5.69 Å². The van der Waals surface area contributed by atoms with Crippen molar-refractivity contribution in [2.24, 2.45) is 0 Å². The summed E-state index contributed by atoms with van der Waals surface area (Å²) in [5, 5.41) is 3.79. The average molecular weight is 342 g/mol. The van der Waals surface area contributed by atoms with Gasteiger partial charge in [-0.25, -0.2) is 4.98 Å². The highest BCUT2D eigenvalue weighted by molar-refractivity contribution is 7.11. The molecule has 1 unspecified atom stereocenters. The summed E-state index contributed by atoms with van der Waals surface area (Å²) in [5.74, 6) is 0. The van der Waals surface area contributed by atoms with Crippen LogP contribution < -0.4 is 5.32 Å². The molecule has 1 atom stereocenters. The number of alkyl halides is 3. The number of nitrogens with zero attached hydrogens (tertiary/aromatic N) is 2. The number of halogens is 4. The van der Waals surface area contributed by atoms with Crippen molar-refractivity contribution < 1.29 is 13.2 Å². The van der Waals surface area contributed by atoms with Crippen molar-refractivity contribution in [3.63, 3.8) is 0 Å². The Bertz CT molecular complexity index is 481. The minimum absolute atomic E-state index is 0. The molecule has 3 nitrogen and oxygen atoms in total. The fourth-order valence-corrected chi connectivity index (χ4v) is 3.81. The molecule has 1 aromatic rings. The van der Waals surface area contributed by atoms with Crippen LogP contribution in [0.4, 0.5) is 13.2 Å². The van der Waals surface area contributed by atoms with E-state index in [0.29, 0.717) is 28.5 Å². The highest BCUT2D eigenvalue weighted by Crippen LogP contribution is 2.38. The molecule has 1 aromatic heterocycles. The van der Waals surface area contributed by atoms with Crippen LogP contribution in [-0.4, -0.2) is 35.1 Å². The van der Waals surface area contributed by atoms with Crippen LogP contribution in [0.1, 0.15) is 34.8 Å². The van der Waals surface area contributed by atoms with Crippen LogP contribution in [-0.2, 0) is 12.7 Å². The Morgan fingerprint density at radius 3 is 2.52 bits per heavy atom. The average Bonchev–Trinajstić information content (AvgIpc) is 2.90. The molecule has 0 aromatic carbocycles. The zero-order valence-corrected chi connectivity index (χ0v) is 13.4. The predicted octanol–water partition coefficient (Wildman–Crippen LogP) is 3.22. The standard InChI is InChI=1S/C13H18F3N3S.ClH/c1-8-18-12(13(14,15)16)11(20-8)7-19(9-2-3-9)10-4-5-17-6-10;/h9-10,17H,2-7H2,1H3;1H. The molecule has 1 saturated heterocycles. The summed E-state index contributed by atoms with van der Waals surface area (Å²) in [7, 11) is 0. The van der Waals surface area contributed by atoms with Gasteiger partial charge < -0.3 is 5.32 Å². The maximum absolute atomic E-state index is 13.0. The van der Waals surface area contributed by atoms with Crippen LogP contribution in [0.25, 0.3) is 0 Å². The first-order valence-corrected chi connectivity index (χ1v) is 7.77. The van der Waals surface area contributed by atoms with E-state index in [2.05, 4.69) is 15.2 Å². The molecule has 0 radical (unpaired) electrons. The van der Waals surface area contributed by atoms with Gasteiger partial charge >= 0.3 is 6.18 Å². The fraction of sp³-hybridized carbons (Fsp3) is 0.769. The second kappa shape index (κ2) is 6.40. The third-order valence-electron chi connectivity index (χ3n) is 3.92. The van der Waals surface area contributed by atoms with Gasteiger partial charge in [-0.15, -0.1) is 23.7 Å². The minimum Gasteiger partial charge on any atom is -0.315 e. The van der Waals surface area contributed by atoms with Crippen LogP contribution in [0.3, 0.4) is 0 Å². The Morgan fingerprint density at radius 1 is 1.29 bits per heavy atom. The smallest absolute Gasteiger partial charge is 0.315 e. The highest BCUT2D eigenvalue weighted by Gasteiger charge is 2.40. The number of aromatic nitrogens is 1. The quantitative estimate of drug-likeness (QED) is 0.911. The van der Waals surface area contributed by atoms with Gasteiger partial charge in [-0.2, -0.15) is 13.2 Å². The number of aryl methyl sites for hydroxylation is 1. The van der Waals surface area contributed by atoms with E-state index in [1.54, 1.807) is 6.92 Å². The zero-order valence-electron chi connectivity index (χ0n) is 11.7. The van der Waals surface area contributed by atoms with Crippen molar-refractivity contribution in [3.05, 3.63) is 15.6 Å². The normalized spacial score (nSPS) is 22.6. The molecule has 2 fully saturated rings. The third-order valence-corrected chi connectivity index (χ3v) is 4.87. The first kappa shape index (κ1) is 17.0. The lowest BCUT2D eigenvalue weighted by atomic mass is 10.2. The SMILES string of the molecule is Cc1nc(C(F)(F)F)c(CN(C2CC2)C2CCNC2)s1.Cl. The lowest BCUT2D eigenvalue weighted by Gasteiger charge is -2.28. The predicted molar refractivity (Wildman–Crippen MR) is 78.9 cm³/mol. The first-order valence-electron chi connectivity index (χ1n) is 6.95. The van der Waals surface area contributed by atoms with E-state index in [0.717, 1.165) is 32.4 Å². The van der Waals surface area contributed by atoms with E-state index >= 15 is 0 Å². The molecule has 2 aliphatic rings. The molecule has 1 aliphatic heterocycles. The van der Waals surface area contributed by atoms with Crippen molar-refractivity contribution in [2.75, 3.05) is 13.1 Å². The number of hydrogen-bond acceptors (Lipinski definition) is 4. The second-order valence-corrected chi connectivity index (χ2v) is 6.84. The lowest BCUT2D eigenvalue weighted by molar-refractivity contribution is -0.141. The molecule has 8 heteroatoms. The van der Waals surface area contributed by atoms with E-state index in [1.807, 2.05) is 0 Å². The number of thiazole rings is 1. The Balaban J connectivity index is 0.00000161. The molecule has 2 heterocycles. The van der Waals surface area contributed by atoms with Crippen LogP contribution in [0, 0.1) is 6.92 Å². The van der Waals surface area contributed by atoms with E-state index in [9.17, 15) is 13.2 Å². The molecule has 0 spiro atoms. The molecule has 3 rings (SSSR count). The molecule has 1 saturated carbocycles. The zero-order chi connectivity index (χ0) is 14.3. The lowest BCUT2D eigenvalue weighted by Crippen LogP contribution is -2.38. The van der Waals surface area contributed by atoms with Crippen LogP contribution in [0.5, 0.6) is 0 Å². The summed E-state index contributed by atoms with van der Waals surface area (Å²) in [6.45, 7) is 3.87. The topological polar surface area (TPSA) is 28.2 Å². The minimum atomic E-state index is -4.34. The molecular weight excluding hydrogens is 323 g/mol. The molecule has 120 valence electrons. The van der Waals surface area contributed by atoms with Crippen molar-refractivity contribution in [1.82, 2.24) is 15.2 Å². The molecule has 21 heavy (non-hydrogen) atoms. The number of nitrogens with one attached hydrogen (secondary N) is 1. The monoisotopic (exact) mass is 341 g/mol. The largest absolute Gasteiger partial charge is 0.434 e. The summed E-state index contributed by atoms with van der Waals surface area (Å²) >= 11 is 1.18. The van der Waals surface area contributed by atoms with Crippen molar-refractivity contribution >= 4 is 23.7 Å². The summed E-state index contributed by atoms with van der Waals surface area (Å²) in [4.78, 5) is 6.31. The second-order valence-electron chi connectivity index (χ2n) is 5.55. The molecule has 0 bridgehead atoms. The van der Waals surface area contributed by atoms with E-state index in [1.165, 1.54) is 11.3 Å². The summed E-state index contributed by atoms with van der Waals surface area (Å²) < 4.78 is 39.1. The highest BCUT2D eigenvalue weighted by atomic mass is 35.5. The number of rotatable bonds is 4. The Morgan fingerprint density at radius 2 is 2.00 bits per heavy atom. The van der Waals surface area contributed by atoms with Crippen LogP contribution >= 0.6 is 23.7 Å². The fourth-order valence-electron chi connectivity index (χ4n) is 2.85. The van der Waals surface area contributed by atoms with Gasteiger partial charge in [0.1, 0.15) is 0 Å². The summed E-state index contributed by atoms with van der Waals surface area (Å²) in [5.41, 5.74) is -0.684. The van der Waals surface area contributed by atoms with E-state index in [4.69, 9.17) is 0 Å². The Hall–Kier alpha value is -0.370. The number of hydrogen-bond donors (Lipinski definition) is 1. The summed E-state index contributed by atoms with van der Waals surface area (Å²) in [6, 6.07) is 0.828. The van der Waals surface area contributed by atoms with Crippen molar-refractivity contribution in [2.45, 2.75) is 51.0 Å². The van der Waals surface area contributed by atoms with Crippen molar-refractivity contribution in [3.8, 4) is 0 Å². The van der Waals surface area contributed by atoms with Gasteiger partial charge in [-0.3, -0.25) is 4.90 Å². The van der Waals surface area contributed by atoms with Gasteiger partial charge in [0.25, 0.3) is 0 Å². The first-order chi connectivity index (χ1) is 9.45. The maximum Gasteiger partial charge on any atom is 0.434 e. The molecule has 1 aliphatic carbocycles. The van der Waals surface area contributed by atoms with Gasteiger partial charge in [-0.05, 0) is 32.7 Å². The third kappa shape index (κ3) is 3.88. The summed E-state index contributed by atoms with van der Waals surface area (Å²) in [6.07, 6.45) is -1.11. The van der Waals surface area contributed by atoms with E-state index in [-0.39, 0.29) is 12.4 Å². The van der Waals surface area contributed by atoms with Gasteiger partial charge in [0, 0.05) is 25.2 Å². The van der Waals surface area contributed by atoms with Gasteiger partial charge in [0.2, 0.25) is 0 Å². The molecular formula is C13H19ClF3N3S. The Labute approximate surface area is 132 Å². The maximum atomic E-state index is 13.0. The van der Waals surface area contributed by atoms with Crippen LogP contribution in [0.15, 0.2) is 0 Å². The van der Waals surface area contributed by atoms with Crippen LogP contribution in [0.2, 0.25) is 0 Å². The van der Waals surface area contributed by atoms with E-state index < -0.39 is 11.9 Å². The van der Waals surface area contributed by atoms with Crippen molar-refractivity contribution in [1.29, 1.82) is 0 Å². The molecule has 0 amide bonds. The van der Waals surface area contributed by atoms with Gasteiger partial charge in [-0.1, -0.05) is 0 Å². The molecule has 1 N–H and O–H groups in total.